The first-order valence-corrected chi connectivity index (χ1v) is 15.6. The first-order valence-electron chi connectivity index (χ1n) is 14.1. The van der Waals surface area contributed by atoms with Crippen molar-refractivity contribution in [2.75, 3.05) is 55.6 Å². The SMILES string of the molecule is CCOc1ccccc1C1(N2CCN(c3ccncc3)CC2)CN(S(=O)(=O)c2ccc(OC)cn2)c2ccc(C#N)cc21. The number of ether oxygens (including phenoxy) is 2. The van der Waals surface area contributed by atoms with Crippen molar-refractivity contribution in [3.05, 3.63) is 102 Å². The molecule has 2 aliphatic rings. The number of nitrogens with zero attached hydrogens (tertiary/aromatic N) is 6. The third-order valence-electron chi connectivity index (χ3n) is 8.19. The van der Waals surface area contributed by atoms with Crippen LogP contribution in [0.15, 0.2) is 90.3 Å². The molecular weight excluding hydrogens is 564 g/mol. The number of methoxy groups -OCH3 is 1. The minimum Gasteiger partial charge on any atom is -0.495 e. The summed E-state index contributed by atoms with van der Waals surface area (Å²) >= 11 is 0. The monoisotopic (exact) mass is 596 g/mol. The van der Waals surface area contributed by atoms with Crippen LogP contribution in [0.4, 0.5) is 11.4 Å². The van der Waals surface area contributed by atoms with Crippen LogP contribution >= 0.6 is 0 Å². The average molecular weight is 597 g/mol. The van der Waals surface area contributed by atoms with E-state index in [1.807, 2.05) is 49.4 Å². The molecule has 0 spiro atoms. The molecule has 1 fully saturated rings. The normalized spacial score (nSPS) is 18.6. The Morgan fingerprint density at radius 3 is 2.42 bits per heavy atom. The second kappa shape index (κ2) is 11.6. The molecule has 0 saturated carbocycles. The molecule has 1 atom stereocenters. The van der Waals surface area contributed by atoms with Gasteiger partial charge in [-0.2, -0.15) is 13.7 Å². The van der Waals surface area contributed by atoms with Crippen LogP contribution in [0, 0.1) is 11.3 Å². The number of benzene rings is 2. The molecule has 11 heteroatoms. The first kappa shape index (κ1) is 28.5. The van der Waals surface area contributed by atoms with E-state index in [0.717, 1.165) is 29.9 Å². The molecule has 220 valence electrons. The lowest BCUT2D eigenvalue weighted by atomic mass is 9.81. The first-order chi connectivity index (χ1) is 20.9. The number of anilines is 2. The molecule has 10 nitrogen and oxygen atoms in total. The number of fused-ring (bicyclic) bond motifs is 1. The van der Waals surface area contributed by atoms with Crippen molar-refractivity contribution < 1.29 is 17.9 Å². The van der Waals surface area contributed by atoms with Crippen molar-refractivity contribution in [3.63, 3.8) is 0 Å². The molecule has 43 heavy (non-hydrogen) atoms. The maximum atomic E-state index is 14.3. The molecule has 0 N–H and O–H groups in total. The van der Waals surface area contributed by atoms with E-state index in [4.69, 9.17) is 9.47 Å². The van der Waals surface area contributed by atoms with E-state index in [1.54, 1.807) is 30.6 Å². The topological polar surface area (TPSA) is 112 Å². The summed E-state index contributed by atoms with van der Waals surface area (Å²) in [6, 6.07) is 22.3. The fraction of sp³-hybridized carbons (Fsp3) is 0.281. The van der Waals surface area contributed by atoms with Gasteiger partial charge in [-0.1, -0.05) is 18.2 Å². The van der Waals surface area contributed by atoms with E-state index in [2.05, 4.69) is 25.8 Å². The molecule has 0 amide bonds. The highest BCUT2D eigenvalue weighted by Crippen LogP contribution is 2.52. The maximum absolute atomic E-state index is 14.3. The van der Waals surface area contributed by atoms with Crippen LogP contribution in [0.1, 0.15) is 23.6 Å². The summed E-state index contributed by atoms with van der Waals surface area (Å²) < 4.78 is 41.4. The van der Waals surface area contributed by atoms with Gasteiger partial charge in [-0.3, -0.25) is 14.2 Å². The number of hydrogen-bond acceptors (Lipinski definition) is 9. The molecule has 4 aromatic rings. The summed E-state index contributed by atoms with van der Waals surface area (Å²) in [5.74, 6) is 1.14. The average Bonchev–Trinajstić information content (AvgIpc) is 3.42. The molecule has 0 radical (unpaired) electrons. The number of sulfonamides is 1. The number of nitriles is 1. The molecule has 6 rings (SSSR count). The van der Waals surface area contributed by atoms with E-state index in [0.29, 0.717) is 42.4 Å². The molecule has 1 unspecified atom stereocenters. The van der Waals surface area contributed by atoms with Gasteiger partial charge < -0.3 is 14.4 Å². The van der Waals surface area contributed by atoms with Crippen molar-refractivity contribution in [2.24, 2.45) is 0 Å². The van der Waals surface area contributed by atoms with Gasteiger partial charge in [-0.15, -0.1) is 0 Å². The van der Waals surface area contributed by atoms with Crippen LogP contribution in [0.3, 0.4) is 0 Å². The fourth-order valence-electron chi connectivity index (χ4n) is 6.16. The Balaban J connectivity index is 1.51. The van der Waals surface area contributed by atoms with Gasteiger partial charge in [-0.25, -0.2) is 4.98 Å². The highest BCUT2D eigenvalue weighted by molar-refractivity contribution is 7.92. The summed E-state index contributed by atoms with van der Waals surface area (Å²) in [6.45, 7) is 5.21. The Kier molecular flexibility index (Phi) is 7.64. The van der Waals surface area contributed by atoms with Crippen molar-refractivity contribution in [1.29, 1.82) is 5.26 Å². The van der Waals surface area contributed by atoms with Crippen molar-refractivity contribution in [1.82, 2.24) is 14.9 Å². The van der Waals surface area contributed by atoms with Gasteiger partial charge in [0.25, 0.3) is 10.0 Å². The van der Waals surface area contributed by atoms with Crippen molar-refractivity contribution in [2.45, 2.75) is 17.5 Å². The number of pyridine rings is 2. The van der Waals surface area contributed by atoms with Crippen LogP contribution in [0.2, 0.25) is 0 Å². The lowest BCUT2D eigenvalue weighted by molar-refractivity contribution is 0.124. The van der Waals surface area contributed by atoms with Crippen LogP contribution in [-0.2, 0) is 15.6 Å². The zero-order chi connectivity index (χ0) is 30.0. The van der Waals surface area contributed by atoms with Crippen LogP contribution in [0.25, 0.3) is 0 Å². The van der Waals surface area contributed by atoms with Gasteiger partial charge in [0.15, 0.2) is 5.03 Å². The van der Waals surface area contributed by atoms with E-state index < -0.39 is 15.6 Å². The number of rotatable bonds is 8. The summed E-state index contributed by atoms with van der Waals surface area (Å²) in [5, 5.41) is 9.84. The van der Waals surface area contributed by atoms with Gasteiger partial charge in [0.05, 0.1) is 49.3 Å². The van der Waals surface area contributed by atoms with Gasteiger partial charge in [0.2, 0.25) is 0 Å². The van der Waals surface area contributed by atoms with Crippen molar-refractivity contribution >= 4 is 21.4 Å². The minimum absolute atomic E-state index is 0.0833. The number of hydrogen-bond donors (Lipinski definition) is 0. The minimum atomic E-state index is -4.09. The van der Waals surface area contributed by atoms with Crippen molar-refractivity contribution in [3.8, 4) is 17.6 Å². The predicted octanol–water partition coefficient (Wildman–Crippen LogP) is 4.03. The molecule has 2 aromatic carbocycles. The standard InChI is InChI=1S/C32H32N6O4S/c1-3-42-30-7-5-4-6-27(30)32(37-18-16-36(17-19-37)25-12-14-34-15-13-25)23-38(29-10-8-24(21-33)20-28(29)32)43(39,40)31-11-9-26(41-2)22-35-31/h4-15,20,22H,3,16-19,23H2,1-2H3. The quantitative estimate of drug-likeness (QED) is 0.298. The number of para-hydroxylation sites is 1. The predicted molar refractivity (Wildman–Crippen MR) is 163 cm³/mol. The Labute approximate surface area is 251 Å². The Morgan fingerprint density at radius 1 is 0.977 bits per heavy atom. The van der Waals surface area contributed by atoms with Gasteiger partial charge in [0.1, 0.15) is 11.5 Å². The van der Waals surface area contributed by atoms with Crippen LogP contribution in [0.5, 0.6) is 11.5 Å². The lowest BCUT2D eigenvalue weighted by Crippen LogP contribution is -2.58. The molecule has 0 bridgehead atoms. The van der Waals surface area contributed by atoms with E-state index in [9.17, 15) is 13.7 Å². The van der Waals surface area contributed by atoms with E-state index >= 15 is 0 Å². The van der Waals surface area contributed by atoms with E-state index in [-0.39, 0.29) is 11.6 Å². The maximum Gasteiger partial charge on any atom is 0.281 e. The molecule has 2 aliphatic heterocycles. The summed E-state index contributed by atoms with van der Waals surface area (Å²) in [7, 11) is -2.59. The Bertz CT molecular complexity index is 1750. The largest absolute Gasteiger partial charge is 0.495 e. The van der Waals surface area contributed by atoms with E-state index in [1.165, 1.54) is 23.7 Å². The highest BCUT2D eigenvalue weighted by Gasteiger charge is 2.53. The van der Waals surface area contributed by atoms with Gasteiger partial charge >= 0.3 is 0 Å². The fourth-order valence-corrected chi connectivity index (χ4v) is 7.59. The highest BCUT2D eigenvalue weighted by atomic mass is 32.2. The molecule has 4 heterocycles. The van der Waals surface area contributed by atoms with Gasteiger partial charge in [-0.05, 0) is 55.5 Å². The molecule has 0 aliphatic carbocycles. The van der Waals surface area contributed by atoms with Crippen LogP contribution < -0.4 is 18.7 Å². The molecule has 2 aromatic heterocycles. The van der Waals surface area contributed by atoms with Crippen LogP contribution in [-0.4, -0.2) is 69.7 Å². The third kappa shape index (κ3) is 4.92. The zero-order valence-electron chi connectivity index (χ0n) is 24.1. The Hall–Kier alpha value is -4.66. The second-order valence-corrected chi connectivity index (χ2v) is 12.2. The number of aromatic nitrogens is 2. The Morgan fingerprint density at radius 2 is 1.74 bits per heavy atom. The zero-order valence-corrected chi connectivity index (χ0v) is 24.9. The van der Waals surface area contributed by atoms with Gasteiger partial charge in [0, 0.05) is 55.4 Å². The second-order valence-electron chi connectivity index (χ2n) is 10.4. The summed E-state index contributed by atoms with van der Waals surface area (Å²) in [5.41, 5.74) is 2.72. The molecule has 1 saturated heterocycles. The third-order valence-corrected chi connectivity index (χ3v) is 9.87. The number of piperazine rings is 1. The summed E-state index contributed by atoms with van der Waals surface area (Å²) in [4.78, 5) is 13.0. The smallest absolute Gasteiger partial charge is 0.281 e. The summed E-state index contributed by atoms with van der Waals surface area (Å²) in [6.07, 6.45) is 4.97. The lowest BCUT2D eigenvalue weighted by Gasteiger charge is -2.47. The molecular formula is C32H32N6O4S.